The topological polar surface area (TPSA) is 453 Å². The number of methoxy groups -OCH3 is 3. The van der Waals surface area contributed by atoms with Crippen molar-refractivity contribution in [2.24, 2.45) is 0 Å². The normalized spacial score (nSPS) is 27.3. The Kier molecular flexibility index (Phi) is 20.9. The molecule has 8 rings (SSSR count). The molecule has 87 heavy (non-hydrogen) atoms. The van der Waals surface area contributed by atoms with E-state index in [0.717, 1.165) is 24.3 Å². The predicted molar refractivity (Wildman–Crippen MR) is 289 cm³/mol. The first-order valence-electron chi connectivity index (χ1n) is 26.2. The molecule has 4 heterocycles. The lowest BCUT2D eigenvalue weighted by Crippen LogP contribution is -2.65. The third-order valence-electron chi connectivity index (χ3n) is 13.7. The maximum atomic E-state index is 13.6. The van der Waals surface area contributed by atoms with Gasteiger partial charge in [-0.25, -0.2) is 14.0 Å². The number of carbonyl (C=O) groups is 4. The third kappa shape index (κ3) is 15.1. The maximum Gasteiger partial charge on any atom is 0.402 e. The van der Waals surface area contributed by atoms with Gasteiger partial charge in [0, 0.05) is 30.4 Å². The van der Waals surface area contributed by atoms with Gasteiger partial charge in [0.1, 0.15) is 103 Å². The van der Waals surface area contributed by atoms with E-state index in [1.165, 1.54) is 94.1 Å². The van der Waals surface area contributed by atoms with Crippen LogP contribution in [-0.2, 0) is 52.3 Å². The number of rotatable bonds is 22. The van der Waals surface area contributed by atoms with Gasteiger partial charge in [-0.05, 0) is 59.7 Å². The van der Waals surface area contributed by atoms with Crippen LogP contribution in [0.1, 0.15) is 17.5 Å². The Morgan fingerprint density at radius 1 is 0.552 bits per heavy atom. The second-order valence-corrected chi connectivity index (χ2v) is 19.6. The molecule has 15 atom stereocenters. The molecule has 0 saturated carbocycles. The summed E-state index contributed by atoms with van der Waals surface area (Å²) in [7, 11) is 3.77. The van der Waals surface area contributed by atoms with E-state index in [4.69, 9.17) is 66.4 Å². The molecule has 3 aliphatic rings. The molecular formula is C57H61O30+. The zero-order valence-corrected chi connectivity index (χ0v) is 46.0. The van der Waals surface area contributed by atoms with E-state index in [-0.39, 0.29) is 62.4 Å². The number of aliphatic hydroxyl groups excluding tert-OH is 8. The van der Waals surface area contributed by atoms with Crippen molar-refractivity contribution in [3.63, 3.8) is 0 Å². The Bertz CT molecular complexity index is 3290. The molecule has 30 heteroatoms. The van der Waals surface area contributed by atoms with Gasteiger partial charge in [-0.15, -0.1) is 0 Å². The van der Waals surface area contributed by atoms with Crippen molar-refractivity contribution >= 4 is 47.0 Å². The molecule has 0 spiro atoms. The predicted octanol–water partition coefficient (Wildman–Crippen LogP) is -0.0351. The Hall–Kier alpha value is -8.63. The highest BCUT2D eigenvalue weighted by Crippen LogP contribution is 2.44. The number of aliphatic carboxylic acids is 1. The molecule has 1 aromatic heterocycles. The second-order valence-electron chi connectivity index (χ2n) is 19.6. The summed E-state index contributed by atoms with van der Waals surface area (Å²) in [6.07, 6.45) is -26.5. The molecular weight excluding hydrogens is 1160 g/mol. The van der Waals surface area contributed by atoms with Crippen LogP contribution in [0.15, 0.2) is 89.4 Å². The number of carboxylic acids is 1. The highest BCUT2D eigenvalue weighted by molar-refractivity contribution is 5.91. The van der Waals surface area contributed by atoms with E-state index < -0.39 is 159 Å². The minimum Gasteiger partial charge on any atom is -0.508 e. The summed E-state index contributed by atoms with van der Waals surface area (Å²) in [4.78, 5) is 49.9. The fourth-order valence-corrected chi connectivity index (χ4v) is 9.17. The quantitative estimate of drug-likeness (QED) is 0.0142. The number of phenols is 4. The summed E-state index contributed by atoms with van der Waals surface area (Å²) >= 11 is 0. The largest absolute Gasteiger partial charge is 0.508 e. The van der Waals surface area contributed by atoms with Gasteiger partial charge in [-0.1, -0.05) is 12.1 Å². The Balaban J connectivity index is 1.19. The van der Waals surface area contributed by atoms with Gasteiger partial charge in [0.05, 0.1) is 39.6 Å². The van der Waals surface area contributed by atoms with E-state index >= 15 is 0 Å². The van der Waals surface area contributed by atoms with Crippen LogP contribution >= 0.6 is 0 Å². The van der Waals surface area contributed by atoms with Crippen LogP contribution in [0.3, 0.4) is 0 Å². The number of hydrogen-bond donors (Lipinski definition) is 13. The van der Waals surface area contributed by atoms with Crippen LogP contribution in [0.25, 0.3) is 34.4 Å². The second kappa shape index (κ2) is 28.3. The highest BCUT2D eigenvalue weighted by atomic mass is 16.8. The lowest BCUT2D eigenvalue weighted by Gasteiger charge is -2.46. The molecule has 0 bridgehead atoms. The number of carboxylic acid groups (broad SMARTS) is 1. The van der Waals surface area contributed by atoms with Crippen molar-refractivity contribution in [2.45, 2.75) is 98.5 Å². The molecule has 468 valence electrons. The van der Waals surface area contributed by atoms with E-state index in [2.05, 4.69) is 0 Å². The van der Waals surface area contributed by atoms with Crippen molar-refractivity contribution in [3.8, 4) is 63.1 Å². The number of carbonyl (C=O) groups excluding carboxylic acids is 3. The molecule has 3 fully saturated rings. The fraction of sp³-hybridized carbons (Fsp3) is 0.386. The van der Waals surface area contributed by atoms with Gasteiger partial charge < -0.3 is 123 Å². The summed E-state index contributed by atoms with van der Waals surface area (Å²) < 4.78 is 74.5. The standard InChI is InChI=1S/C57H60O30/c1-75-33-16-26(8-11-30(33)61)52-36(19-29-31(80-52)17-28(60)18-32(29)81-55-51(74)48(71)46(69)38(84-55)23-79-43(66)20-40(62)63)82-56-54(50(73)47(70)39(85-56)22-78-41(64)12-6-24-4-9-27(59)10-5-24)87-57-53(49(72)45(68)37(21-58)83-57)86-42(65)13-7-25-14-34(76-2)44(67)35(15-25)77-3/h4-19,37-39,45-51,53-58,68-74H,20-23H2,1-3H3,(H4-,59,60,61,62,63,64,65,67)/p+1/t37-,38-,39-,45-,46-,47-,48+,49+,50+,51-,53-,54-,55-,56-,57+/m1/s1. The minimum atomic E-state index is -2.22. The van der Waals surface area contributed by atoms with Gasteiger partial charge >= 0.3 is 35.2 Å². The first kappa shape index (κ1) is 64.4. The Morgan fingerprint density at radius 3 is 1.79 bits per heavy atom. The molecule has 0 unspecified atom stereocenters. The highest BCUT2D eigenvalue weighted by Gasteiger charge is 2.54. The van der Waals surface area contributed by atoms with Crippen LogP contribution in [0, 0.1) is 0 Å². The van der Waals surface area contributed by atoms with Crippen molar-refractivity contribution in [2.75, 3.05) is 41.2 Å². The summed E-state index contributed by atoms with van der Waals surface area (Å²) in [5.41, 5.74) is 0.501. The summed E-state index contributed by atoms with van der Waals surface area (Å²) in [5.74, 6) is -7.67. The van der Waals surface area contributed by atoms with Crippen molar-refractivity contribution in [1.82, 2.24) is 0 Å². The molecule has 5 aromatic rings. The van der Waals surface area contributed by atoms with Crippen LogP contribution in [0.2, 0.25) is 0 Å². The SMILES string of the molecule is COc1cc(-c2[o+]c3cc(O)cc(O[C@@H]4O[C@H](COC(=O)CC(=O)O)[C@@H](O)[C@H](O)[C@H]4O)c3cc2O[C@@H]2O[C@H](COC(=O)C=Cc3ccc(O)cc3)[C@@H](O)[C@H](O)[C@H]2O[C@@H]2O[C@H](CO)[C@@H](O)[C@H](O)[C@H]2OC(=O)C=Cc2cc(OC)c(O)c(OC)c2)ccc1O. The van der Waals surface area contributed by atoms with Crippen LogP contribution in [0.5, 0.6) is 51.7 Å². The molecule has 0 aliphatic carbocycles. The third-order valence-corrected chi connectivity index (χ3v) is 13.7. The summed E-state index contributed by atoms with van der Waals surface area (Å²) in [5, 5.41) is 140. The summed E-state index contributed by atoms with van der Waals surface area (Å²) in [6, 6.07) is 15.4. The number of phenolic OH excluding ortho intramolecular Hbond substituents is 4. The van der Waals surface area contributed by atoms with Crippen molar-refractivity contribution in [3.05, 3.63) is 96.1 Å². The van der Waals surface area contributed by atoms with Crippen LogP contribution in [-0.4, -0.2) is 224 Å². The molecule has 30 nitrogen and oxygen atoms in total. The van der Waals surface area contributed by atoms with E-state index in [1.54, 1.807) is 0 Å². The zero-order valence-electron chi connectivity index (χ0n) is 46.0. The van der Waals surface area contributed by atoms with E-state index in [0.29, 0.717) is 5.56 Å². The molecule has 3 saturated heterocycles. The number of fused-ring (bicyclic) bond motifs is 1. The number of aromatic hydroxyl groups is 4. The summed E-state index contributed by atoms with van der Waals surface area (Å²) in [6.45, 7) is -2.64. The molecule has 3 aliphatic heterocycles. The van der Waals surface area contributed by atoms with Crippen molar-refractivity contribution < 1.29 is 147 Å². The monoisotopic (exact) mass is 1230 g/mol. The number of aliphatic hydroxyl groups is 8. The smallest absolute Gasteiger partial charge is 0.402 e. The minimum absolute atomic E-state index is 0.0366. The number of benzene rings is 4. The van der Waals surface area contributed by atoms with Gasteiger partial charge in [0.2, 0.25) is 24.1 Å². The van der Waals surface area contributed by atoms with E-state index in [9.17, 15) is 80.5 Å². The van der Waals surface area contributed by atoms with Gasteiger partial charge in [0.25, 0.3) is 0 Å². The Labute approximate surface area is 491 Å². The fourth-order valence-electron chi connectivity index (χ4n) is 9.17. The first-order chi connectivity index (χ1) is 41.5. The number of ether oxygens (including phenoxy) is 12. The molecule has 4 aromatic carbocycles. The van der Waals surface area contributed by atoms with E-state index in [1.807, 2.05) is 0 Å². The lowest BCUT2D eigenvalue weighted by atomic mass is 9.97. The average Bonchev–Trinajstić information content (AvgIpc) is 1.01. The number of esters is 3. The molecule has 0 radical (unpaired) electrons. The first-order valence-corrected chi connectivity index (χ1v) is 26.2. The van der Waals surface area contributed by atoms with Crippen molar-refractivity contribution in [1.29, 1.82) is 0 Å². The maximum absolute atomic E-state index is 13.6. The average molecular weight is 1230 g/mol. The van der Waals surface area contributed by atoms with Crippen LogP contribution < -0.4 is 23.7 Å². The lowest BCUT2D eigenvalue weighted by molar-refractivity contribution is -0.358. The zero-order chi connectivity index (χ0) is 63.0. The molecule has 0 amide bonds. The van der Waals surface area contributed by atoms with Gasteiger partial charge in [-0.2, -0.15) is 0 Å². The van der Waals surface area contributed by atoms with Gasteiger partial charge in [0.15, 0.2) is 41.5 Å². The van der Waals surface area contributed by atoms with Crippen LogP contribution in [0.4, 0.5) is 0 Å². The molecule has 13 N–H and O–H groups in total. The van der Waals surface area contributed by atoms with Gasteiger partial charge in [-0.3, -0.25) is 9.59 Å². The number of hydrogen-bond acceptors (Lipinski definition) is 28. The Morgan fingerprint density at radius 2 is 1.14 bits per heavy atom.